The van der Waals surface area contributed by atoms with Gasteiger partial charge in [-0.15, -0.1) is 5.59 Å². The molecular formula is C18H25FN4O3. The van der Waals surface area contributed by atoms with Crippen LogP contribution >= 0.6 is 0 Å². The molecule has 0 aliphatic rings. The third kappa shape index (κ3) is 8.04. The third-order valence-electron chi connectivity index (χ3n) is 3.38. The first-order chi connectivity index (χ1) is 12.5. The summed E-state index contributed by atoms with van der Waals surface area (Å²) in [6, 6.07) is 14.4. The molecule has 7 nitrogen and oxygen atoms in total. The summed E-state index contributed by atoms with van der Waals surface area (Å²) >= 11 is 0. The van der Waals surface area contributed by atoms with Crippen LogP contribution in [0.25, 0.3) is 0 Å². The minimum atomic E-state index is -0.681. The van der Waals surface area contributed by atoms with E-state index in [2.05, 4.69) is 11.8 Å². The average molecular weight is 364 g/mol. The molecule has 0 radical (unpaired) electrons. The second kappa shape index (κ2) is 11.9. The van der Waals surface area contributed by atoms with Gasteiger partial charge in [0, 0.05) is 0 Å². The van der Waals surface area contributed by atoms with Gasteiger partial charge in [0.1, 0.15) is 18.2 Å². The molecule has 1 atom stereocenters. The number of hydrazine groups is 2. The van der Waals surface area contributed by atoms with Gasteiger partial charge in [-0.05, 0) is 48.7 Å². The number of amides is 1. The Hall–Kier alpha value is -2.52. The normalized spacial score (nSPS) is 11.1. The van der Waals surface area contributed by atoms with Crippen LogP contribution in [0, 0.1) is 5.82 Å². The molecule has 0 aliphatic carbocycles. The minimum absolute atomic E-state index is 0.229. The van der Waals surface area contributed by atoms with E-state index in [1.807, 2.05) is 41.3 Å². The summed E-state index contributed by atoms with van der Waals surface area (Å²) < 4.78 is 18.5. The van der Waals surface area contributed by atoms with Crippen molar-refractivity contribution in [1.82, 2.24) is 11.0 Å². The molecule has 2 aromatic carbocycles. The van der Waals surface area contributed by atoms with E-state index in [-0.39, 0.29) is 5.82 Å². The van der Waals surface area contributed by atoms with Gasteiger partial charge in [-0.25, -0.2) is 16.1 Å². The Balaban J connectivity index is 0.000000321. The molecule has 0 heterocycles. The van der Waals surface area contributed by atoms with Crippen molar-refractivity contribution in [2.75, 3.05) is 0 Å². The highest BCUT2D eigenvalue weighted by molar-refractivity contribution is 5.79. The standard InChI is InChI=1S/C15H15FO.C3H10N4O2/c1-2-12-6-8-15(9-7-12)17-11-13-4-3-5-14(16)10-13;1-2(9-7-5)3(8)6-4/h3-10H,2,11H2,1H3;2,7H,4-5H2,1H3,(H,6,8). The number of ether oxygens (including phenoxy) is 1. The third-order valence-corrected chi connectivity index (χ3v) is 3.38. The molecule has 2 aromatic rings. The van der Waals surface area contributed by atoms with Gasteiger partial charge in [0.2, 0.25) is 0 Å². The number of halogens is 1. The van der Waals surface area contributed by atoms with Crippen molar-refractivity contribution in [3.05, 3.63) is 65.5 Å². The highest BCUT2D eigenvalue weighted by atomic mass is 19.1. The van der Waals surface area contributed by atoms with Crippen LogP contribution in [-0.4, -0.2) is 12.0 Å². The number of aryl methyl sites for hydroxylation is 1. The fourth-order valence-electron chi connectivity index (χ4n) is 1.89. The Morgan fingerprint density at radius 3 is 2.38 bits per heavy atom. The molecule has 8 heteroatoms. The van der Waals surface area contributed by atoms with Gasteiger partial charge in [0.15, 0.2) is 6.10 Å². The van der Waals surface area contributed by atoms with Crippen LogP contribution in [0.15, 0.2) is 48.5 Å². The van der Waals surface area contributed by atoms with Gasteiger partial charge in [-0.2, -0.15) is 0 Å². The Bertz CT molecular complexity index is 668. The monoisotopic (exact) mass is 364 g/mol. The van der Waals surface area contributed by atoms with Crippen molar-refractivity contribution >= 4 is 5.91 Å². The van der Waals surface area contributed by atoms with Gasteiger partial charge >= 0.3 is 0 Å². The van der Waals surface area contributed by atoms with Crippen LogP contribution in [0.1, 0.15) is 25.0 Å². The van der Waals surface area contributed by atoms with E-state index < -0.39 is 12.0 Å². The number of carbonyl (C=O) groups excluding carboxylic acids is 1. The number of carbonyl (C=O) groups is 1. The molecule has 1 unspecified atom stereocenters. The SMILES string of the molecule is CC(ONN)C(=O)NN.CCc1ccc(OCc2cccc(F)c2)cc1. The van der Waals surface area contributed by atoms with Crippen LogP contribution in [0.2, 0.25) is 0 Å². The first kappa shape index (κ1) is 21.5. The molecule has 0 saturated heterocycles. The summed E-state index contributed by atoms with van der Waals surface area (Å²) in [7, 11) is 0. The number of hydrogen-bond donors (Lipinski definition) is 4. The Morgan fingerprint density at radius 1 is 1.15 bits per heavy atom. The van der Waals surface area contributed by atoms with Crippen molar-refractivity contribution in [2.45, 2.75) is 33.0 Å². The minimum Gasteiger partial charge on any atom is -0.489 e. The van der Waals surface area contributed by atoms with Crippen LogP contribution in [0.3, 0.4) is 0 Å². The molecule has 0 aliphatic heterocycles. The van der Waals surface area contributed by atoms with Crippen molar-refractivity contribution in [3.63, 3.8) is 0 Å². The Morgan fingerprint density at radius 2 is 1.85 bits per heavy atom. The lowest BCUT2D eigenvalue weighted by atomic mass is 10.2. The van der Waals surface area contributed by atoms with Crippen molar-refractivity contribution < 1.29 is 18.8 Å². The van der Waals surface area contributed by atoms with Gasteiger partial charge in [0.05, 0.1) is 0 Å². The summed E-state index contributed by atoms with van der Waals surface area (Å²) in [6.07, 6.45) is 0.337. The van der Waals surface area contributed by atoms with E-state index in [9.17, 15) is 9.18 Å². The second-order valence-corrected chi connectivity index (χ2v) is 5.30. The van der Waals surface area contributed by atoms with Crippen LogP contribution in [-0.2, 0) is 22.7 Å². The maximum atomic E-state index is 12.9. The molecule has 6 N–H and O–H groups in total. The topological polar surface area (TPSA) is 112 Å². The lowest BCUT2D eigenvalue weighted by Crippen LogP contribution is -2.42. The van der Waals surface area contributed by atoms with Gasteiger partial charge < -0.3 is 4.74 Å². The second-order valence-electron chi connectivity index (χ2n) is 5.30. The van der Waals surface area contributed by atoms with Gasteiger partial charge in [-0.3, -0.25) is 15.1 Å². The zero-order chi connectivity index (χ0) is 19.4. The molecule has 0 fully saturated rings. The highest BCUT2D eigenvalue weighted by Crippen LogP contribution is 2.14. The fourth-order valence-corrected chi connectivity index (χ4v) is 1.89. The summed E-state index contributed by atoms with van der Waals surface area (Å²) in [5, 5.41) is 0. The van der Waals surface area contributed by atoms with E-state index in [0.717, 1.165) is 17.7 Å². The summed E-state index contributed by atoms with van der Waals surface area (Å²) in [4.78, 5) is 14.9. The lowest BCUT2D eigenvalue weighted by molar-refractivity contribution is -0.136. The van der Waals surface area contributed by atoms with E-state index >= 15 is 0 Å². The number of nitrogens with two attached hydrogens (primary N) is 2. The van der Waals surface area contributed by atoms with E-state index in [4.69, 9.17) is 16.4 Å². The van der Waals surface area contributed by atoms with Gasteiger partial charge in [0.25, 0.3) is 5.91 Å². The maximum Gasteiger partial charge on any atom is 0.264 e. The number of hydrogen-bond acceptors (Lipinski definition) is 6. The Labute approximate surface area is 152 Å². The first-order valence-corrected chi connectivity index (χ1v) is 8.08. The summed E-state index contributed by atoms with van der Waals surface area (Å²) in [5.74, 6) is 9.63. The largest absolute Gasteiger partial charge is 0.489 e. The molecule has 0 bridgehead atoms. The summed E-state index contributed by atoms with van der Waals surface area (Å²) in [5.41, 5.74) is 5.87. The number of benzene rings is 2. The van der Waals surface area contributed by atoms with Crippen LogP contribution < -0.4 is 27.4 Å². The quantitative estimate of drug-likeness (QED) is 0.338. The van der Waals surface area contributed by atoms with Crippen molar-refractivity contribution in [3.8, 4) is 5.75 Å². The molecule has 0 spiro atoms. The Kier molecular flexibility index (Phi) is 9.88. The summed E-state index contributed by atoms with van der Waals surface area (Å²) in [6.45, 7) is 4.01. The van der Waals surface area contributed by atoms with Crippen molar-refractivity contribution in [1.29, 1.82) is 0 Å². The molecule has 2 rings (SSSR count). The van der Waals surface area contributed by atoms with Gasteiger partial charge in [-0.1, -0.05) is 31.2 Å². The molecule has 26 heavy (non-hydrogen) atoms. The maximum absolute atomic E-state index is 12.9. The van der Waals surface area contributed by atoms with Crippen LogP contribution in [0.5, 0.6) is 5.75 Å². The van der Waals surface area contributed by atoms with Crippen molar-refractivity contribution in [2.24, 2.45) is 11.7 Å². The van der Waals surface area contributed by atoms with Crippen LogP contribution in [0.4, 0.5) is 4.39 Å². The smallest absolute Gasteiger partial charge is 0.264 e. The zero-order valence-corrected chi connectivity index (χ0v) is 14.9. The van der Waals surface area contributed by atoms with E-state index in [0.29, 0.717) is 6.61 Å². The number of nitrogens with one attached hydrogen (secondary N) is 2. The van der Waals surface area contributed by atoms with E-state index in [1.54, 1.807) is 6.07 Å². The molecule has 1 amide bonds. The molecule has 142 valence electrons. The lowest BCUT2D eigenvalue weighted by Gasteiger charge is -2.07. The number of rotatable bonds is 7. The zero-order valence-electron chi connectivity index (χ0n) is 14.9. The molecule has 0 saturated carbocycles. The molecular weight excluding hydrogens is 339 g/mol. The predicted octanol–water partition coefficient (Wildman–Crippen LogP) is 1.73. The fraction of sp³-hybridized carbons (Fsp3) is 0.278. The first-order valence-electron chi connectivity index (χ1n) is 8.08. The van der Waals surface area contributed by atoms with E-state index in [1.165, 1.54) is 24.6 Å². The highest BCUT2D eigenvalue weighted by Gasteiger charge is 2.09. The predicted molar refractivity (Wildman–Crippen MR) is 96.8 cm³/mol. The average Bonchev–Trinajstić information content (AvgIpc) is 2.67. The molecule has 0 aromatic heterocycles.